The molecular weight excluding hydrogens is 643 g/mol. The van der Waals surface area contributed by atoms with Crippen LogP contribution >= 0.6 is 0 Å². The maximum absolute atomic E-state index is 2.64. The Morgan fingerprint density at radius 2 is 1.19 bits per heavy atom. The molecule has 0 amide bonds. The average Bonchev–Trinajstić information content (AvgIpc) is 3.71. The van der Waals surface area contributed by atoms with Crippen molar-refractivity contribution in [2.24, 2.45) is 0 Å². The zero-order chi connectivity index (χ0) is 35.8. The molecule has 0 N–H and O–H groups in total. The molecule has 0 radical (unpaired) electrons. The van der Waals surface area contributed by atoms with Crippen LogP contribution in [0.1, 0.15) is 57.1 Å². The highest BCUT2D eigenvalue weighted by Crippen LogP contribution is 2.48. The zero-order valence-corrected chi connectivity index (χ0v) is 31.0. The van der Waals surface area contributed by atoms with Crippen molar-refractivity contribution in [1.82, 2.24) is 9.13 Å². The van der Waals surface area contributed by atoms with Gasteiger partial charge in [-0.2, -0.15) is 4.57 Å². The van der Waals surface area contributed by atoms with Gasteiger partial charge in [-0.15, -0.1) is 0 Å². The maximum Gasteiger partial charge on any atom is 0.216 e. The fourth-order valence-corrected chi connectivity index (χ4v) is 10.1. The number of aryl methyl sites for hydroxylation is 1. The molecule has 1 aliphatic rings. The monoisotopic (exact) mass is 686 g/mol. The molecule has 10 rings (SSSR count). The number of nitrogens with zero attached hydrogens (tertiary/aromatic N) is 3. The minimum Gasteiger partial charge on any atom is -0.309 e. The highest BCUT2D eigenvalue weighted by molar-refractivity contribution is 6.19. The normalized spacial score (nSPS) is 15.0. The van der Waals surface area contributed by atoms with Crippen LogP contribution in [0.5, 0.6) is 0 Å². The van der Waals surface area contributed by atoms with Crippen LogP contribution in [-0.4, -0.2) is 9.13 Å². The summed E-state index contributed by atoms with van der Waals surface area (Å²) in [6.45, 7) is 9.41. The van der Waals surface area contributed by atoms with Gasteiger partial charge in [0.1, 0.15) is 0 Å². The second kappa shape index (κ2) is 12.1. The van der Waals surface area contributed by atoms with Crippen molar-refractivity contribution in [2.45, 2.75) is 58.4 Å². The number of hydrogen-bond donors (Lipinski definition) is 0. The van der Waals surface area contributed by atoms with E-state index in [4.69, 9.17) is 0 Å². The fraction of sp³-hybridized carbons (Fsp3) is 0.180. The van der Waals surface area contributed by atoms with Gasteiger partial charge in [-0.3, -0.25) is 0 Å². The number of para-hydroxylation sites is 2. The third-order valence-electron chi connectivity index (χ3n) is 12.6. The SMILES string of the molecule is CCC1c2ccc(-n3c4ccccc4c4cc5c6cc(-c7ccccc7)ccc6n(-c6ccccc6)c5cc43)cc2-c2c(C)ccc[n+]2C1(CC)CC. The standard InChI is InChI=1S/C50H44N3/c1-5-44-38-26-25-37(30-43(38)49-33(4)17-16-28-51(49)50(44,6-2)7-3)53-45-23-15-14-22-39(45)41-31-42-40-29-35(34-18-10-8-11-19-34)24-27-46(40)52(48(42)32-47(41)53)36-20-12-9-13-21-36/h8-32,44H,5-7H2,1-4H3/q+1. The Balaban J connectivity index is 1.28. The van der Waals surface area contributed by atoms with Crippen molar-refractivity contribution in [3.63, 3.8) is 0 Å². The molecule has 3 aromatic heterocycles. The first-order valence-corrected chi connectivity index (χ1v) is 19.3. The van der Waals surface area contributed by atoms with E-state index in [9.17, 15) is 0 Å². The molecule has 3 heteroatoms. The van der Waals surface area contributed by atoms with E-state index in [1.807, 2.05) is 0 Å². The largest absolute Gasteiger partial charge is 0.309 e. The summed E-state index contributed by atoms with van der Waals surface area (Å²) >= 11 is 0. The van der Waals surface area contributed by atoms with Gasteiger partial charge in [0.25, 0.3) is 0 Å². The van der Waals surface area contributed by atoms with Gasteiger partial charge in [0.05, 0.1) is 27.6 Å². The van der Waals surface area contributed by atoms with E-state index in [1.54, 1.807) is 0 Å². The smallest absolute Gasteiger partial charge is 0.216 e. The van der Waals surface area contributed by atoms with Crippen LogP contribution in [0.4, 0.5) is 0 Å². The summed E-state index contributed by atoms with van der Waals surface area (Å²) in [5, 5.41) is 5.08. The summed E-state index contributed by atoms with van der Waals surface area (Å²) in [6, 6.07) is 54.2. The topological polar surface area (TPSA) is 13.7 Å². The minimum absolute atomic E-state index is 0.0638. The van der Waals surface area contributed by atoms with E-state index < -0.39 is 0 Å². The van der Waals surface area contributed by atoms with Crippen molar-refractivity contribution < 1.29 is 4.57 Å². The van der Waals surface area contributed by atoms with Gasteiger partial charge in [-0.1, -0.05) is 99.6 Å². The molecule has 1 aliphatic heterocycles. The lowest BCUT2D eigenvalue weighted by atomic mass is 9.69. The van der Waals surface area contributed by atoms with Crippen LogP contribution in [0.2, 0.25) is 0 Å². The molecule has 0 spiro atoms. The first kappa shape index (κ1) is 31.8. The van der Waals surface area contributed by atoms with Crippen LogP contribution in [-0.2, 0) is 5.54 Å². The van der Waals surface area contributed by atoms with Crippen LogP contribution < -0.4 is 4.57 Å². The van der Waals surface area contributed by atoms with Crippen LogP contribution in [0, 0.1) is 6.92 Å². The van der Waals surface area contributed by atoms with Crippen molar-refractivity contribution in [3.05, 3.63) is 163 Å². The Bertz CT molecular complexity index is 2850. The molecule has 0 fully saturated rings. The lowest BCUT2D eigenvalue weighted by molar-refractivity contribution is -0.763. The quantitative estimate of drug-likeness (QED) is 0.155. The third-order valence-corrected chi connectivity index (χ3v) is 12.6. The Kier molecular flexibility index (Phi) is 7.23. The number of benzene rings is 6. The highest BCUT2D eigenvalue weighted by atomic mass is 15.1. The first-order chi connectivity index (χ1) is 26.1. The van der Waals surface area contributed by atoms with Crippen LogP contribution in [0.3, 0.4) is 0 Å². The minimum atomic E-state index is 0.0638. The van der Waals surface area contributed by atoms with E-state index in [1.165, 1.54) is 88.5 Å². The van der Waals surface area contributed by atoms with Crippen LogP contribution in [0.25, 0.3) is 77.4 Å². The van der Waals surface area contributed by atoms with E-state index in [-0.39, 0.29) is 5.54 Å². The predicted octanol–water partition coefficient (Wildman–Crippen LogP) is 12.8. The van der Waals surface area contributed by atoms with Gasteiger partial charge in [-0.25, -0.2) is 0 Å². The summed E-state index contributed by atoms with van der Waals surface area (Å²) in [4.78, 5) is 0. The summed E-state index contributed by atoms with van der Waals surface area (Å²) in [7, 11) is 0. The zero-order valence-electron chi connectivity index (χ0n) is 31.0. The number of pyridine rings is 1. The lowest BCUT2D eigenvalue weighted by Gasteiger charge is -2.40. The van der Waals surface area contributed by atoms with Gasteiger partial charge in [0, 0.05) is 63.3 Å². The second-order valence-corrected chi connectivity index (χ2v) is 15.0. The molecule has 258 valence electrons. The predicted molar refractivity (Wildman–Crippen MR) is 223 cm³/mol. The molecule has 4 heterocycles. The van der Waals surface area contributed by atoms with Gasteiger partial charge < -0.3 is 9.13 Å². The van der Waals surface area contributed by atoms with Gasteiger partial charge in [0.15, 0.2) is 11.7 Å². The van der Waals surface area contributed by atoms with Crippen molar-refractivity contribution >= 4 is 43.6 Å². The molecule has 0 saturated heterocycles. The Morgan fingerprint density at radius 3 is 1.94 bits per heavy atom. The Labute approximate surface area is 311 Å². The number of aromatic nitrogens is 3. The van der Waals surface area contributed by atoms with Gasteiger partial charge in [0.2, 0.25) is 5.69 Å². The number of hydrogen-bond acceptors (Lipinski definition) is 0. The Hall–Kier alpha value is -5.93. The molecule has 0 saturated carbocycles. The average molecular weight is 687 g/mol. The maximum atomic E-state index is 2.64. The molecule has 9 aromatic rings. The van der Waals surface area contributed by atoms with Crippen molar-refractivity contribution in [1.29, 1.82) is 0 Å². The van der Waals surface area contributed by atoms with E-state index in [0.717, 1.165) is 19.3 Å². The molecular formula is C50H44N3+. The second-order valence-electron chi connectivity index (χ2n) is 15.0. The summed E-state index contributed by atoms with van der Waals surface area (Å²) in [5.74, 6) is 0.445. The molecule has 6 aromatic carbocycles. The molecule has 1 unspecified atom stereocenters. The van der Waals surface area contributed by atoms with Crippen molar-refractivity contribution in [3.8, 4) is 33.8 Å². The summed E-state index contributed by atoms with van der Waals surface area (Å²) in [5.41, 5.74) is 15.3. The van der Waals surface area contributed by atoms with E-state index >= 15 is 0 Å². The number of rotatable bonds is 6. The highest BCUT2D eigenvalue weighted by Gasteiger charge is 2.50. The van der Waals surface area contributed by atoms with Gasteiger partial charge >= 0.3 is 0 Å². The first-order valence-electron chi connectivity index (χ1n) is 19.3. The van der Waals surface area contributed by atoms with Gasteiger partial charge in [-0.05, 0) is 90.7 Å². The lowest BCUT2D eigenvalue weighted by Crippen LogP contribution is -2.62. The number of fused-ring (bicyclic) bond motifs is 9. The van der Waals surface area contributed by atoms with E-state index in [0.29, 0.717) is 5.92 Å². The molecule has 0 aliphatic carbocycles. The van der Waals surface area contributed by atoms with Crippen molar-refractivity contribution in [2.75, 3.05) is 0 Å². The Morgan fingerprint density at radius 1 is 0.528 bits per heavy atom. The van der Waals surface area contributed by atoms with Crippen LogP contribution in [0.15, 0.2) is 152 Å². The molecule has 53 heavy (non-hydrogen) atoms. The summed E-state index contributed by atoms with van der Waals surface area (Å²) < 4.78 is 7.60. The summed E-state index contributed by atoms with van der Waals surface area (Å²) in [6.07, 6.45) is 5.67. The van der Waals surface area contributed by atoms with E-state index in [2.05, 4.69) is 193 Å². The molecule has 1 atom stereocenters. The fourth-order valence-electron chi connectivity index (χ4n) is 10.1. The molecule has 0 bridgehead atoms. The third kappa shape index (κ3) is 4.50. The molecule has 3 nitrogen and oxygen atoms in total.